The molecule has 0 saturated heterocycles. The Morgan fingerprint density at radius 1 is 1.29 bits per heavy atom. The highest BCUT2D eigenvalue weighted by Crippen LogP contribution is 2.27. The number of halogens is 5. The van der Waals surface area contributed by atoms with E-state index in [1.165, 1.54) is 6.07 Å². The molecule has 0 heterocycles. The first-order valence-electron chi connectivity index (χ1n) is 4.34. The van der Waals surface area contributed by atoms with Gasteiger partial charge >= 0.3 is 6.36 Å². The molecule has 0 fully saturated rings. The van der Waals surface area contributed by atoms with Gasteiger partial charge in [-0.2, -0.15) is 0 Å². The molecular weight excluding hydrogens is 264 g/mol. The molecule has 0 saturated carbocycles. The summed E-state index contributed by atoms with van der Waals surface area (Å²) >= 11 is 0. The smallest absolute Gasteiger partial charge is 0.403 e. The molecule has 17 heavy (non-hydrogen) atoms. The molecule has 98 valence electrons. The molecule has 0 aliphatic heterocycles. The normalized spacial score (nSPS) is 12.8. The fourth-order valence-corrected chi connectivity index (χ4v) is 1.09. The van der Waals surface area contributed by atoms with E-state index in [4.69, 9.17) is 11.5 Å². The van der Waals surface area contributed by atoms with Crippen molar-refractivity contribution in [1.29, 1.82) is 0 Å². The van der Waals surface area contributed by atoms with Gasteiger partial charge in [-0.25, -0.2) is 4.39 Å². The zero-order valence-corrected chi connectivity index (χ0v) is 9.32. The molecule has 0 spiro atoms. The summed E-state index contributed by atoms with van der Waals surface area (Å²) < 4.78 is 52.0. The lowest BCUT2D eigenvalue weighted by molar-refractivity contribution is -0.275. The van der Waals surface area contributed by atoms with Crippen molar-refractivity contribution in [1.82, 2.24) is 0 Å². The van der Waals surface area contributed by atoms with Gasteiger partial charge in [-0.05, 0) is 17.7 Å². The molecule has 0 bridgehead atoms. The van der Waals surface area contributed by atoms with E-state index < -0.39 is 24.0 Å². The molecular formula is C9H11ClF4N2O. The van der Waals surface area contributed by atoms with Gasteiger partial charge in [0.05, 0.1) is 0 Å². The van der Waals surface area contributed by atoms with Gasteiger partial charge in [-0.15, -0.1) is 25.6 Å². The summed E-state index contributed by atoms with van der Waals surface area (Å²) in [5.41, 5.74) is 11.0. The second kappa shape index (κ2) is 6.04. The van der Waals surface area contributed by atoms with Crippen molar-refractivity contribution < 1.29 is 22.3 Å². The van der Waals surface area contributed by atoms with Crippen molar-refractivity contribution in [3.05, 3.63) is 29.6 Å². The fourth-order valence-electron chi connectivity index (χ4n) is 1.09. The van der Waals surface area contributed by atoms with Crippen LogP contribution in [0.4, 0.5) is 17.6 Å². The summed E-state index contributed by atoms with van der Waals surface area (Å²) in [5, 5.41) is 0. The minimum Gasteiger partial charge on any atom is -0.403 e. The Morgan fingerprint density at radius 3 is 2.29 bits per heavy atom. The maximum Gasteiger partial charge on any atom is 0.573 e. The lowest BCUT2D eigenvalue weighted by Crippen LogP contribution is -2.21. The van der Waals surface area contributed by atoms with Crippen molar-refractivity contribution >= 4 is 12.4 Å². The monoisotopic (exact) mass is 274 g/mol. The number of hydrogen-bond donors (Lipinski definition) is 2. The second-order valence-electron chi connectivity index (χ2n) is 3.08. The Kier molecular flexibility index (Phi) is 5.67. The van der Waals surface area contributed by atoms with Crippen molar-refractivity contribution in [2.75, 3.05) is 6.54 Å². The predicted octanol–water partition coefficient (Wildman–Crippen LogP) is 2.10. The van der Waals surface area contributed by atoms with Gasteiger partial charge in [-0.1, -0.05) is 6.07 Å². The van der Waals surface area contributed by atoms with Crippen LogP contribution in [-0.4, -0.2) is 12.9 Å². The van der Waals surface area contributed by atoms with E-state index >= 15 is 0 Å². The third-order valence-corrected chi connectivity index (χ3v) is 1.86. The van der Waals surface area contributed by atoms with Crippen LogP contribution in [0.1, 0.15) is 11.6 Å². The van der Waals surface area contributed by atoms with Gasteiger partial charge in [0.15, 0.2) is 11.6 Å². The molecule has 4 N–H and O–H groups in total. The molecule has 1 atom stereocenters. The molecule has 0 amide bonds. The van der Waals surface area contributed by atoms with Gasteiger partial charge in [0, 0.05) is 12.6 Å². The van der Waals surface area contributed by atoms with E-state index in [9.17, 15) is 17.6 Å². The highest BCUT2D eigenvalue weighted by atomic mass is 35.5. The van der Waals surface area contributed by atoms with Crippen LogP contribution in [0.2, 0.25) is 0 Å². The number of rotatable bonds is 3. The first kappa shape index (κ1) is 16.0. The number of ether oxygens (including phenoxy) is 1. The zero-order chi connectivity index (χ0) is 12.3. The first-order valence-corrected chi connectivity index (χ1v) is 4.34. The third-order valence-electron chi connectivity index (χ3n) is 1.86. The molecule has 1 aromatic carbocycles. The molecule has 0 aliphatic carbocycles. The van der Waals surface area contributed by atoms with Crippen molar-refractivity contribution in [3.8, 4) is 5.75 Å². The van der Waals surface area contributed by atoms with Crippen molar-refractivity contribution in [2.45, 2.75) is 12.4 Å². The Bertz CT molecular complexity index is 373. The summed E-state index contributed by atoms with van der Waals surface area (Å²) in [7, 11) is 0. The van der Waals surface area contributed by atoms with Gasteiger partial charge in [-0.3, -0.25) is 0 Å². The lowest BCUT2D eigenvalue weighted by Gasteiger charge is -2.12. The Morgan fingerprint density at radius 2 is 1.88 bits per heavy atom. The van der Waals surface area contributed by atoms with Gasteiger partial charge < -0.3 is 16.2 Å². The van der Waals surface area contributed by atoms with Gasteiger partial charge in [0.2, 0.25) is 0 Å². The first-order chi connectivity index (χ1) is 7.33. The molecule has 3 nitrogen and oxygen atoms in total. The maximum absolute atomic E-state index is 13.2. The van der Waals surface area contributed by atoms with Crippen LogP contribution in [0, 0.1) is 5.82 Å². The molecule has 0 radical (unpaired) electrons. The second-order valence-corrected chi connectivity index (χ2v) is 3.08. The molecule has 0 aliphatic rings. The summed E-state index contributed by atoms with van der Waals surface area (Å²) in [6, 6.07) is 2.36. The van der Waals surface area contributed by atoms with Crippen LogP contribution < -0.4 is 16.2 Å². The molecule has 0 aromatic heterocycles. The highest BCUT2D eigenvalue weighted by Gasteiger charge is 2.32. The summed E-state index contributed by atoms with van der Waals surface area (Å²) in [6.45, 7) is 0.0684. The molecule has 1 aromatic rings. The Hall–Kier alpha value is -1.05. The Labute approximate surface area is 101 Å². The van der Waals surface area contributed by atoms with Crippen LogP contribution in [-0.2, 0) is 0 Å². The van der Waals surface area contributed by atoms with Crippen LogP contribution in [0.3, 0.4) is 0 Å². The maximum atomic E-state index is 13.2. The van der Waals surface area contributed by atoms with E-state index in [1.807, 2.05) is 0 Å². The topological polar surface area (TPSA) is 61.3 Å². The minimum absolute atomic E-state index is 0. The summed E-state index contributed by atoms with van der Waals surface area (Å²) in [5.74, 6) is -2.01. The van der Waals surface area contributed by atoms with Gasteiger partial charge in [0.1, 0.15) is 0 Å². The van der Waals surface area contributed by atoms with E-state index in [1.54, 1.807) is 0 Å². The number of nitrogens with two attached hydrogens (primary N) is 2. The summed E-state index contributed by atoms with van der Waals surface area (Å²) in [4.78, 5) is 0. The van der Waals surface area contributed by atoms with E-state index in [0.29, 0.717) is 5.56 Å². The van der Waals surface area contributed by atoms with Crippen LogP contribution in [0.5, 0.6) is 5.75 Å². The largest absolute Gasteiger partial charge is 0.573 e. The van der Waals surface area contributed by atoms with Crippen molar-refractivity contribution in [2.24, 2.45) is 11.5 Å². The average molecular weight is 275 g/mol. The number of hydrogen-bond acceptors (Lipinski definition) is 3. The standard InChI is InChI=1S/C9H10F4N2O.ClH/c10-6-3-5(7(15)4-14)1-2-8(6)16-9(11,12)13;/h1-3,7H,4,14-15H2;1H/t7-;/m0./s1. The van der Waals surface area contributed by atoms with Crippen LogP contribution in [0.25, 0.3) is 0 Å². The average Bonchev–Trinajstić information content (AvgIpc) is 2.18. The van der Waals surface area contributed by atoms with E-state index in [0.717, 1.165) is 12.1 Å². The predicted molar refractivity (Wildman–Crippen MR) is 56.3 cm³/mol. The van der Waals surface area contributed by atoms with Gasteiger partial charge in [0.25, 0.3) is 0 Å². The van der Waals surface area contributed by atoms with Crippen molar-refractivity contribution in [3.63, 3.8) is 0 Å². The molecule has 0 unspecified atom stereocenters. The minimum atomic E-state index is -4.92. The number of alkyl halides is 3. The summed E-state index contributed by atoms with van der Waals surface area (Å²) in [6.07, 6.45) is -4.92. The van der Waals surface area contributed by atoms with E-state index in [2.05, 4.69) is 4.74 Å². The fraction of sp³-hybridized carbons (Fsp3) is 0.333. The zero-order valence-electron chi connectivity index (χ0n) is 8.50. The van der Waals surface area contributed by atoms with Crippen LogP contribution in [0.15, 0.2) is 18.2 Å². The highest BCUT2D eigenvalue weighted by molar-refractivity contribution is 5.85. The SMILES string of the molecule is Cl.NC[C@H](N)c1ccc(OC(F)(F)F)c(F)c1. The van der Waals surface area contributed by atoms with Crippen LogP contribution >= 0.6 is 12.4 Å². The molecule has 8 heteroatoms. The quantitative estimate of drug-likeness (QED) is 0.830. The molecule has 1 rings (SSSR count). The number of benzene rings is 1. The Balaban J connectivity index is 0.00000256. The third kappa shape index (κ3) is 4.76. The van der Waals surface area contributed by atoms with E-state index in [-0.39, 0.29) is 19.0 Å². The lowest BCUT2D eigenvalue weighted by atomic mass is 10.1.